The molecule has 1 saturated heterocycles. The second-order valence-corrected chi connectivity index (χ2v) is 8.48. The number of amides is 1. The molecule has 1 N–H and O–H groups in total. The van der Waals surface area contributed by atoms with Crippen molar-refractivity contribution in [2.45, 2.75) is 32.2 Å². The van der Waals surface area contributed by atoms with Gasteiger partial charge < -0.3 is 10.2 Å². The number of nitrogens with zero attached hydrogens (tertiary/aromatic N) is 5. The van der Waals surface area contributed by atoms with Crippen LogP contribution in [0.4, 0.5) is 5.95 Å². The molecule has 3 heterocycles. The number of hydrogen-bond donors (Lipinski definition) is 1. The molecule has 0 spiro atoms. The van der Waals surface area contributed by atoms with Gasteiger partial charge in [0.2, 0.25) is 5.95 Å². The molecule has 1 aliphatic rings. The molecule has 5 rings (SSSR count). The third-order valence-corrected chi connectivity index (χ3v) is 6.50. The summed E-state index contributed by atoms with van der Waals surface area (Å²) in [6.07, 6.45) is 8.80. The Kier molecular flexibility index (Phi) is 5.77. The van der Waals surface area contributed by atoms with E-state index in [2.05, 4.69) is 50.0 Å². The zero-order valence-electron chi connectivity index (χ0n) is 19.0. The van der Waals surface area contributed by atoms with Gasteiger partial charge in [-0.1, -0.05) is 25.1 Å². The number of anilines is 1. The van der Waals surface area contributed by atoms with Crippen molar-refractivity contribution in [1.29, 1.82) is 0 Å². The van der Waals surface area contributed by atoms with Gasteiger partial charge in [-0.05, 0) is 60.2 Å². The number of nitrogens with one attached hydrogen (secondary N) is 1. The van der Waals surface area contributed by atoms with Crippen LogP contribution in [0.5, 0.6) is 0 Å². The largest absolute Gasteiger partial charge is 0.355 e. The van der Waals surface area contributed by atoms with Crippen molar-refractivity contribution in [1.82, 2.24) is 25.1 Å². The molecule has 0 radical (unpaired) electrons. The summed E-state index contributed by atoms with van der Waals surface area (Å²) in [4.78, 5) is 23.1. The van der Waals surface area contributed by atoms with Crippen LogP contribution in [0.1, 0.15) is 41.7 Å². The number of benzene rings is 2. The Hall–Kier alpha value is -3.74. The van der Waals surface area contributed by atoms with Gasteiger partial charge in [-0.25, -0.2) is 9.97 Å². The molecule has 0 aliphatic carbocycles. The molecule has 1 fully saturated rings. The molecule has 0 atom stereocenters. The fourth-order valence-electron chi connectivity index (χ4n) is 4.49. The minimum Gasteiger partial charge on any atom is -0.355 e. The normalized spacial score (nSPS) is 14.5. The van der Waals surface area contributed by atoms with Gasteiger partial charge >= 0.3 is 0 Å². The van der Waals surface area contributed by atoms with E-state index < -0.39 is 0 Å². The van der Waals surface area contributed by atoms with Gasteiger partial charge in [-0.15, -0.1) is 0 Å². The average Bonchev–Trinajstić information content (AvgIpc) is 3.32. The molecule has 7 nitrogen and oxygen atoms in total. The zero-order valence-corrected chi connectivity index (χ0v) is 19.0. The van der Waals surface area contributed by atoms with Crippen molar-refractivity contribution in [2.24, 2.45) is 0 Å². The van der Waals surface area contributed by atoms with Crippen molar-refractivity contribution in [3.63, 3.8) is 0 Å². The SMILES string of the molecule is CCc1cnc(N2CCC(n3ncc4cc(-c5ccc(C(=O)NC)cc5)ccc43)CC2)nc1. The van der Waals surface area contributed by atoms with Gasteiger partial charge in [0.1, 0.15) is 0 Å². The van der Waals surface area contributed by atoms with E-state index in [4.69, 9.17) is 5.10 Å². The van der Waals surface area contributed by atoms with Crippen LogP contribution in [0.25, 0.3) is 22.0 Å². The van der Waals surface area contributed by atoms with E-state index in [9.17, 15) is 4.79 Å². The van der Waals surface area contributed by atoms with Crippen LogP contribution >= 0.6 is 0 Å². The Bertz CT molecular complexity index is 1250. The zero-order chi connectivity index (χ0) is 22.8. The topological polar surface area (TPSA) is 75.9 Å². The lowest BCUT2D eigenvalue weighted by atomic mass is 10.0. The van der Waals surface area contributed by atoms with E-state index in [1.54, 1.807) is 7.05 Å². The lowest BCUT2D eigenvalue weighted by Gasteiger charge is -2.32. The van der Waals surface area contributed by atoms with Gasteiger partial charge in [-0.3, -0.25) is 9.48 Å². The highest BCUT2D eigenvalue weighted by atomic mass is 16.1. The third-order valence-electron chi connectivity index (χ3n) is 6.50. The van der Waals surface area contributed by atoms with Crippen LogP contribution in [0.3, 0.4) is 0 Å². The molecule has 2 aromatic heterocycles. The molecular weight excluding hydrogens is 412 g/mol. The Morgan fingerprint density at radius 2 is 1.70 bits per heavy atom. The van der Waals surface area contributed by atoms with Crippen LogP contribution in [-0.2, 0) is 6.42 Å². The summed E-state index contributed by atoms with van der Waals surface area (Å²) >= 11 is 0. The molecule has 2 aromatic carbocycles. The molecule has 4 aromatic rings. The number of aryl methyl sites for hydroxylation is 1. The second-order valence-electron chi connectivity index (χ2n) is 8.48. The van der Waals surface area contributed by atoms with Crippen molar-refractivity contribution in [3.05, 3.63) is 72.2 Å². The Labute approximate surface area is 193 Å². The summed E-state index contributed by atoms with van der Waals surface area (Å²) in [5.41, 5.74) is 5.18. The highest BCUT2D eigenvalue weighted by Crippen LogP contribution is 2.30. The quantitative estimate of drug-likeness (QED) is 0.502. The lowest BCUT2D eigenvalue weighted by molar-refractivity contribution is 0.0963. The standard InChI is InChI=1S/C26H28N6O/c1-3-18-15-28-26(29-16-18)31-12-10-23(11-13-31)32-24-9-8-21(14-22(24)17-30-32)19-4-6-20(7-5-19)25(33)27-2/h4-9,14-17,23H,3,10-13H2,1-2H3,(H,27,33). The van der Waals surface area contributed by atoms with Crippen molar-refractivity contribution >= 4 is 22.8 Å². The molecule has 33 heavy (non-hydrogen) atoms. The fourth-order valence-corrected chi connectivity index (χ4v) is 4.49. The smallest absolute Gasteiger partial charge is 0.251 e. The first-order chi connectivity index (χ1) is 16.2. The van der Waals surface area contributed by atoms with Crippen LogP contribution in [-0.4, -0.2) is 45.8 Å². The number of piperidine rings is 1. The van der Waals surface area contributed by atoms with E-state index in [-0.39, 0.29) is 5.91 Å². The van der Waals surface area contributed by atoms with E-state index in [0.717, 1.165) is 60.3 Å². The number of carbonyl (C=O) groups excluding carboxylic acids is 1. The molecule has 0 unspecified atom stereocenters. The van der Waals surface area contributed by atoms with Crippen molar-refractivity contribution in [2.75, 3.05) is 25.0 Å². The molecule has 1 aliphatic heterocycles. The van der Waals surface area contributed by atoms with Gasteiger partial charge in [0, 0.05) is 43.5 Å². The van der Waals surface area contributed by atoms with E-state index in [1.165, 1.54) is 5.56 Å². The van der Waals surface area contributed by atoms with Crippen LogP contribution < -0.4 is 10.2 Å². The molecular formula is C26H28N6O. The maximum Gasteiger partial charge on any atom is 0.251 e. The van der Waals surface area contributed by atoms with E-state index >= 15 is 0 Å². The van der Waals surface area contributed by atoms with Gasteiger partial charge in [0.05, 0.1) is 17.8 Å². The summed E-state index contributed by atoms with van der Waals surface area (Å²) in [6.45, 7) is 3.96. The second kappa shape index (κ2) is 9.02. The first-order valence-electron chi connectivity index (χ1n) is 11.5. The highest BCUT2D eigenvalue weighted by Gasteiger charge is 2.24. The average molecular weight is 441 g/mol. The van der Waals surface area contributed by atoms with Crippen LogP contribution in [0.2, 0.25) is 0 Å². The Morgan fingerprint density at radius 3 is 2.36 bits per heavy atom. The first-order valence-corrected chi connectivity index (χ1v) is 11.5. The maximum absolute atomic E-state index is 11.8. The van der Waals surface area contributed by atoms with Gasteiger partial charge in [0.15, 0.2) is 0 Å². The maximum atomic E-state index is 11.8. The Morgan fingerprint density at radius 1 is 1.00 bits per heavy atom. The fraction of sp³-hybridized carbons (Fsp3) is 0.308. The summed E-state index contributed by atoms with van der Waals surface area (Å²) in [6, 6.07) is 14.5. The number of fused-ring (bicyclic) bond motifs is 1. The molecule has 0 saturated carbocycles. The predicted molar refractivity (Wildman–Crippen MR) is 130 cm³/mol. The van der Waals surface area contributed by atoms with E-state index in [1.807, 2.05) is 42.9 Å². The Balaban J connectivity index is 1.30. The molecule has 168 valence electrons. The molecule has 0 bridgehead atoms. The number of aromatic nitrogens is 4. The summed E-state index contributed by atoms with van der Waals surface area (Å²) in [5.74, 6) is 0.747. The molecule has 7 heteroatoms. The van der Waals surface area contributed by atoms with Gasteiger partial charge in [0.25, 0.3) is 5.91 Å². The predicted octanol–water partition coefficient (Wildman–Crippen LogP) is 4.26. The highest BCUT2D eigenvalue weighted by molar-refractivity contribution is 5.94. The first kappa shape index (κ1) is 21.1. The minimum atomic E-state index is -0.0751. The van der Waals surface area contributed by atoms with Crippen LogP contribution in [0, 0.1) is 0 Å². The minimum absolute atomic E-state index is 0.0751. The lowest BCUT2D eigenvalue weighted by Crippen LogP contribution is -2.36. The summed E-state index contributed by atoms with van der Waals surface area (Å²) in [7, 11) is 1.64. The summed E-state index contributed by atoms with van der Waals surface area (Å²) in [5, 5.41) is 8.52. The number of hydrogen-bond acceptors (Lipinski definition) is 5. The number of rotatable bonds is 5. The monoisotopic (exact) mass is 440 g/mol. The third kappa shape index (κ3) is 4.18. The van der Waals surface area contributed by atoms with E-state index in [0.29, 0.717) is 11.6 Å². The van der Waals surface area contributed by atoms with Gasteiger partial charge in [-0.2, -0.15) is 5.10 Å². The summed E-state index contributed by atoms with van der Waals surface area (Å²) < 4.78 is 2.17. The van der Waals surface area contributed by atoms with Crippen LogP contribution in [0.15, 0.2) is 61.1 Å². The van der Waals surface area contributed by atoms with Crippen molar-refractivity contribution in [3.8, 4) is 11.1 Å². The number of carbonyl (C=O) groups is 1. The molecule has 1 amide bonds. The van der Waals surface area contributed by atoms with Crippen molar-refractivity contribution < 1.29 is 4.79 Å².